The van der Waals surface area contributed by atoms with E-state index in [-0.39, 0.29) is 12.1 Å². The highest BCUT2D eigenvalue weighted by Crippen LogP contribution is 2.47. The van der Waals surface area contributed by atoms with E-state index in [9.17, 15) is 0 Å². The zero-order valence-electron chi connectivity index (χ0n) is 23.5. The van der Waals surface area contributed by atoms with Gasteiger partial charge in [-0.3, -0.25) is 0 Å². The average Bonchev–Trinajstić information content (AvgIpc) is 3.79. The van der Waals surface area contributed by atoms with E-state index in [0.717, 1.165) is 0 Å². The molecule has 44 heavy (non-hydrogen) atoms. The Bertz CT molecular complexity index is 1820. The summed E-state index contributed by atoms with van der Waals surface area (Å²) >= 11 is 26.0. The standard InChI is InChI=1S/C26H22Cl4N12S2/c1-13(2)41-35-23(33-37-41)17-11-31-39(21-9-15(27)5-7-19(21)29)25(17)43-44-26-18(24-34-38-42(36-24)14(3)4)12-32-40(26)22-10-16(28)6-8-20(22)30/h5-14H,1-4H3. The van der Waals surface area contributed by atoms with Crippen LogP contribution in [0.2, 0.25) is 20.1 Å². The Kier molecular flexibility index (Phi) is 8.91. The Balaban J connectivity index is 1.49. The van der Waals surface area contributed by atoms with E-state index >= 15 is 0 Å². The van der Waals surface area contributed by atoms with Crippen LogP contribution in [0.25, 0.3) is 34.2 Å². The van der Waals surface area contributed by atoms with Crippen molar-refractivity contribution >= 4 is 68.0 Å². The van der Waals surface area contributed by atoms with E-state index in [1.165, 1.54) is 21.6 Å². The van der Waals surface area contributed by atoms with Crippen molar-refractivity contribution in [3.63, 3.8) is 0 Å². The van der Waals surface area contributed by atoms with Gasteiger partial charge < -0.3 is 0 Å². The second kappa shape index (κ2) is 12.7. The molecule has 6 aromatic rings. The molecule has 0 unspecified atom stereocenters. The lowest BCUT2D eigenvalue weighted by molar-refractivity contribution is 0.455. The molecule has 0 N–H and O–H groups in total. The van der Waals surface area contributed by atoms with Crippen LogP contribution in [0.15, 0.2) is 58.8 Å². The molecule has 18 heteroatoms. The first kappa shape index (κ1) is 30.9. The number of benzene rings is 2. The minimum Gasteiger partial charge on any atom is -0.224 e. The van der Waals surface area contributed by atoms with Crippen molar-refractivity contribution in [3.05, 3.63) is 68.9 Å². The maximum Gasteiger partial charge on any atom is 0.209 e. The number of aromatic nitrogens is 12. The highest BCUT2D eigenvalue weighted by atomic mass is 35.5. The fourth-order valence-electron chi connectivity index (χ4n) is 3.96. The summed E-state index contributed by atoms with van der Waals surface area (Å²) in [4.78, 5) is 3.08. The summed E-state index contributed by atoms with van der Waals surface area (Å²) in [5, 5.41) is 38.7. The van der Waals surface area contributed by atoms with Crippen molar-refractivity contribution in [2.24, 2.45) is 0 Å². The smallest absolute Gasteiger partial charge is 0.209 e. The van der Waals surface area contributed by atoms with Gasteiger partial charge in [-0.25, -0.2) is 9.36 Å². The van der Waals surface area contributed by atoms with Crippen molar-refractivity contribution < 1.29 is 0 Å². The summed E-state index contributed by atoms with van der Waals surface area (Å²) in [5.74, 6) is 0.804. The number of tetrazole rings is 2. The van der Waals surface area contributed by atoms with Gasteiger partial charge in [0, 0.05) is 10.0 Å². The van der Waals surface area contributed by atoms with Crippen LogP contribution in [-0.4, -0.2) is 60.0 Å². The minimum atomic E-state index is 0.0188. The van der Waals surface area contributed by atoms with E-state index in [0.29, 0.717) is 64.3 Å². The maximum atomic E-state index is 6.62. The van der Waals surface area contributed by atoms with Gasteiger partial charge >= 0.3 is 0 Å². The van der Waals surface area contributed by atoms with Crippen molar-refractivity contribution in [3.8, 4) is 34.2 Å². The summed E-state index contributed by atoms with van der Waals surface area (Å²) in [6.07, 6.45) is 3.34. The van der Waals surface area contributed by atoms with Crippen LogP contribution in [0.5, 0.6) is 0 Å². The molecular weight excluding hydrogens is 686 g/mol. The van der Waals surface area contributed by atoms with Crippen LogP contribution < -0.4 is 0 Å². The van der Waals surface area contributed by atoms with Gasteiger partial charge in [-0.15, -0.1) is 20.4 Å². The van der Waals surface area contributed by atoms with E-state index in [1.54, 1.807) is 67.7 Å². The van der Waals surface area contributed by atoms with Crippen LogP contribution in [0.1, 0.15) is 39.8 Å². The van der Waals surface area contributed by atoms with Crippen LogP contribution in [0, 0.1) is 0 Å². The molecule has 0 bridgehead atoms. The number of halogens is 4. The van der Waals surface area contributed by atoms with Gasteiger partial charge in [0.05, 0.1) is 57.0 Å². The molecule has 2 aromatic carbocycles. The predicted molar refractivity (Wildman–Crippen MR) is 173 cm³/mol. The highest BCUT2D eigenvalue weighted by molar-refractivity contribution is 8.76. The SMILES string of the molecule is CC(C)n1nnc(-c2cnn(-c3cc(Cl)ccc3Cl)c2SSc2c(-c3nnn(C(C)C)n3)cnn2-c2cc(Cl)ccc2Cl)n1. The number of hydrogen-bond donors (Lipinski definition) is 0. The third kappa shape index (κ3) is 6.06. The fourth-order valence-corrected chi connectivity index (χ4v) is 7.18. The summed E-state index contributed by atoms with van der Waals surface area (Å²) in [7, 11) is 2.76. The van der Waals surface area contributed by atoms with Crippen molar-refractivity contribution in [1.29, 1.82) is 0 Å². The first-order valence-corrected chi connectivity index (χ1v) is 16.8. The summed E-state index contributed by atoms with van der Waals surface area (Å²) in [6, 6.07) is 10.4. The van der Waals surface area contributed by atoms with Gasteiger partial charge in [-0.2, -0.15) is 19.8 Å². The molecule has 4 aromatic heterocycles. The molecule has 12 nitrogen and oxygen atoms in total. The van der Waals surface area contributed by atoms with Crippen LogP contribution >= 0.6 is 68.0 Å². The Morgan fingerprint density at radius 2 is 1.02 bits per heavy atom. The minimum absolute atomic E-state index is 0.0188. The molecule has 0 radical (unpaired) electrons. The van der Waals surface area contributed by atoms with E-state index in [2.05, 4.69) is 41.0 Å². The monoisotopic (exact) mass is 706 g/mol. The van der Waals surface area contributed by atoms with Crippen molar-refractivity contribution in [1.82, 2.24) is 60.0 Å². The first-order valence-electron chi connectivity index (χ1n) is 13.1. The topological polar surface area (TPSA) is 123 Å². The van der Waals surface area contributed by atoms with Gasteiger partial charge in [0.1, 0.15) is 10.1 Å². The van der Waals surface area contributed by atoms with E-state index in [1.807, 2.05) is 27.7 Å². The zero-order valence-corrected chi connectivity index (χ0v) is 28.1. The lowest BCUT2D eigenvalue weighted by Gasteiger charge is -2.12. The quantitative estimate of drug-likeness (QED) is 0.137. The third-order valence-corrected chi connectivity index (χ3v) is 9.68. The van der Waals surface area contributed by atoms with Gasteiger partial charge in [0.15, 0.2) is 0 Å². The normalized spacial score (nSPS) is 11.8. The Hall–Kier alpha value is -3.14. The third-order valence-electron chi connectivity index (χ3n) is 6.18. The zero-order chi connectivity index (χ0) is 31.1. The second-order valence-corrected chi connectivity index (χ2v) is 13.8. The predicted octanol–water partition coefficient (Wildman–Crippen LogP) is 7.94. The van der Waals surface area contributed by atoms with Gasteiger partial charge in [0.2, 0.25) is 11.6 Å². The molecule has 0 aliphatic rings. The van der Waals surface area contributed by atoms with Gasteiger partial charge in [-0.05, 0) is 96.1 Å². The number of nitrogens with zero attached hydrogens (tertiary/aromatic N) is 12. The number of hydrogen-bond acceptors (Lipinski definition) is 10. The van der Waals surface area contributed by atoms with Gasteiger partial charge in [-0.1, -0.05) is 46.4 Å². The second-order valence-electron chi connectivity index (χ2n) is 9.96. The fraction of sp³-hybridized carbons (Fsp3) is 0.231. The number of rotatable bonds is 9. The maximum absolute atomic E-state index is 6.62. The Morgan fingerprint density at radius 3 is 1.39 bits per heavy atom. The first-order chi connectivity index (χ1) is 21.1. The van der Waals surface area contributed by atoms with Crippen molar-refractivity contribution in [2.45, 2.75) is 49.8 Å². The molecule has 6 rings (SSSR count). The lowest BCUT2D eigenvalue weighted by Crippen LogP contribution is -2.04. The molecule has 0 saturated carbocycles. The molecule has 0 fully saturated rings. The molecular formula is C26H22Cl4N12S2. The summed E-state index contributed by atoms with van der Waals surface area (Å²) in [6.45, 7) is 7.89. The average molecular weight is 708 g/mol. The van der Waals surface area contributed by atoms with Crippen LogP contribution in [0.3, 0.4) is 0 Å². The van der Waals surface area contributed by atoms with Crippen LogP contribution in [-0.2, 0) is 0 Å². The van der Waals surface area contributed by atoms with Crippen LogP contribution in [0.4, 0.5) is 0 Å². The molecule has 226 valence electrons. The van der Waals surface area contributed by atoms with Gasteiger partial charge in [0.25, 0.3) is 0 Å². The Morgan fingerprint density at radius 1 is 0.614 bits per heavy atom. The lowest BCUT2D eigenvalue weighted by atomic mass is 10.3. The largest absolute Gasteiger partial charge is 0.224 e. The molecule has 0 spiro atoms. The molecule has 0 saturated heterocycles. The highest BCUT2D eigenvalue weighted by Gasteiger charge is 2.25. The molecule has 4 heterocycles. The van der Waals surface area contributed by atoms with E-state index < -0.39 is 0 Å². The molecule has 0 aliphatic carbocycles. The van der Waals surface area contributed by atoms with E-state index in [4.69, 9.17) is 46.4 Å². The van der Waals surface area contributed by atoms with Crippen molar-refractivity contribution in [2.75, 3.05) is 0 Å². The Labute approximate surface area is 279 Å². The molecule has 0 amide bonds. The molecule has 0 aliphatic heterocycles. The summed E-state index contributed by atoms with van der Waals surface area (Å²) < 4.78 is 3.38. The molecule has 0 atom stereocenters. The summed E-state index contributed by atoms with van der Waals surface area (Å²) in [5.41, 5.74) is 2.45.